The predicted octanol–water partition coefficient (Wildman–Crippen LogP) is 2.54. The molecule has 2 amide bonds. The quantitative estimate of drug-likeness (QED) is 0.798. The molecule has 130 valence electrons. The lowest BCUT2D eigenvalue weighted by Gasteiger charge is -2.23. The van der Waals surface area contributed by atoms with Crippen LogP contribution in [-0.4, -0.2) is 30.4 Å². The van der Waals surface area contributed by atoms with Gasteiger partial charge in [0, 0.05) is 22.7 Å². The Labute approximate surface area is 143 Å². The molecule has 0 bridgehead atoms. The second kappa shape index (κ2) is 6.20. The molecule has 1 unspecified atom stereocenters. The molecule has 1 spiro atoms. The number of benzene rings is 1. The highest BCUT2D eigenvalue weighted by molar-refractivity contribution is 5.97. The molecule has 1 atom stereocenters. The van der Waals surface area contributed by atoms with Crippen LogP contribution in [0.15, 0.2) is 24.3 Å². The maximum atomic E-state index is 12.4. The van der Waals surface area contributed by atoms with E-state index in [0.29, 0.717) is 5.56 Å². The Kier molecular flexibility index (Phi) is 4.38. The van der Waals surface area contributed by atoms with E-state index in [4.69, 9.17) is 0 Å². The number of amides is 2. The van der Waals surface area contributed by atoms with E-state index in [9.17, 15) is 9.59 Å². The van der Waals surface area contributed by atoms with Gasteiger partial charge in [-0.05, 0) is 82.8 Å². The molecular formula is C19H27N3O2. The van der Waals surface area contributed by atoms with Gasteiger partial charge in [-0.1, -0.05) is 0 Å². The zero-order chi connectivity index (χ0) is 17.4. The minimum absolute atomic E-state index is 0.101. The molecule has 5 heteroatoms. The normalized spacial score (nSPS) is 22.0. The van der Waals surface area contributed by atoms with Gasteiger partial charge >= 0.3 is 0 Å². The summed E-state index contributed by atoms with van der Waals surface area (Å²) in [5, 5.41) is 9.28. The zero-order valence-electron chi connectivity index (χ0n) is 14.7. The van der Waals surface area contributed by atoms with E-state index in [1.807, 2.05) is 20.8 Å². The highest BCUT2D eigenvalue weighted by atomic mass is 16.2. The average Bonchev–Trinajstić information content (AvgIpc) is 3.20. The van der Waals surface area contributed by atoms with Crippen LogP contribution in [0.3, 0.4) is 0 Å². The third-order valence-electron chi connectivity index (χ3n) is 5.01. The third-order valence-corrected chi connectivity index (χ3v) is 5.01. The topological polar surface area (TPSA) is 70.2 Å². The SMILES string of the molecule is CC(C)(C)NC(=O)c1ccc(NC(=O)C2CC23CCNCC3)cc1. The van der Waals surface area contributed by atoms with Gasteiger partial charge in [0.05, 0.1) is 0 Å². The fourth-order valence-corrected chi connectivity index (χ4v) is 3.54. The van der Waals surface area contributed by atoms with Crippen LogP contribution in [0, 0.1) is 11.3 Å². The summed E-state index contributed by atoms with van der Waals surface area (Å²) in [5.74, 6) is 0.156. The second-order valence-corrected chi connectivity index (χ2v) is 8.14. The van der Waals surface area contributed by atoms with Gasteiger partial charge in [-0.15, -0.1) is 0 Å². The summed E-state index contributed by atoms with van der Waals surface area (Å²) in [6.07, 6.45) is 3.20. The van der Waals surface area contributed by atoms with Crippen molar-refractivity contribution < 1.29 is 9.59 Å². The Morgan fingerprint density at radius 3 is 2.33 bits per heavy atom. The molecule has 1 heterocycles. The van der Waals surface area contributed by atoms with Gasteiger partial charge in [0.25, 0.3) is 5.91 Å². The van der Waals surface area contributed by atoms with E-state index in [1.165, 1.54) is 0 Å². The molecule has 3 rings (SSSR count). The fourth-order valence-electron chi connectivity index (χ4n) is 3.54. The van der Waals surface area contributed by atoms with Crippen LogP contribution < -0.4 is 16.0 Å². The maximum absolute atomic E-state index is 12.4. The number of hydrogen-bond acceptors (Lipinski definition) is 3. The van der Waals surface area contributed by atoms with E-state index in [1.54, 1.807) is 24.3 Å². The zero-order valence-corrected chi connectivity index (χ0v) is 14.7. The largest absolute Gasteiger partial charge is 0.347 e. The molecule has 1 aromatic rings. The highest BCUT2D eigenvalue weighted by Gasteiger charge is 2.57. The van der Waals surface area contributed by atoms with Crippen molar-refractivity contribution in [1.29, 1.82) is 0 Å². The molecule has 1 aliphatic carbocycles. The molecule has 24 heavy (non-hydrogen) atoms. The summed E-state index contributed by atoms with van der Waals surface area (Å²) in [6.45, 7) is 7.88. The number of piperidine rings is 1. The Morgan fingerprint density at radius 2 is 1.75 bits per heavy atom. The van der Waals surface area contributed by atoms with Crippen LogP contribution in [0.25, 0.3) is 0 Å². The lowest BCUT2D eigenvalue weighted by atomic mass is 9.92. The molecule has 1 saturated carbocycles. The molecule has 1 aliphatic heterocycles. The molecule has 2 aliphatic rings. The van der Waals surface area contributed by atoms with Crippen molar-refractivity contribution in [2.75, 3.05) is 18.4 Å². The van der Waals surface area contributed by atoms with Gasteiger partial charge in [-0.3, -0.25) is 9.59 Å². The first kappa shape index (κ1) is 17.0. The molecule has 1 saturated heterocycles. The number of carbonyl (C=O) groups is 2. The standard InChI is InChI=1S/C19H27N3O2/c1-18(2,3)22-16(23)13-4-6-14(7-5-13)21-17(24)15-12-19(15)8-10-20-11-9-19/h4-7,15,20H,8-12H2,1-3H3,(H,21,24)(H,22,23). The van der Waals surface area contributed by atoms with Crippen molar-refractivity contribution in [2.24, 2.45) is 11.3 Å². The first-order valence-electron chi connectivity index (χ1n) is 8.73. The minimum Gasteiger partial charge on any atom is -0.347 e. The van der Waals surface area contributed by atoms with Gasteiger partial charge in [-0.2, -0.15) is 0 Å². The smallest absolute Gasteiger partial charge is 0.251 e. The van der Waals surface area contributed by atoms with Gasteiger partial charge in [0.15, 0.2) is 0 Å². The summed E-state index contributed by atoms with van der Waals surface area (Å²) in [7, 11) is 0. The van der Waals surface area contributed by atoms with Crippen LogP contribution in [0.5, 0.6) is 0 Å². The van der Waals surface area contributed by atoms with Crippen LogP contribution in [0.2, 0.25) is 0 Å². The molecule has 3 N–H and O–H groups in total. The van der Waals surface area contributed by atoms with E-state index in [-0.39, 0.29) is 28.7 Å². The van der Waals surface area contributed by atoms with Gasteiger partial charge < -0.3 is 16.0 Å². The summed E-state index contributed by atoms with van der Waals surface area (Å²) in [5.41, 5.74) is 1.33. The van der Waals surface area contributed by atoms with Gasteiger partial charge in [0.1, 0.15) is 0 Å². The summed E-state index contributed by atoms with van der Waals surface area (Å²) < 4.78 is 0. The van der Waals surface area contributed by atoms with Crippen LogP contribution >= 0.6 is 0 Å². The Morgan fingerprint density at radius 1 is 1.12 bits per heavy atom. The average molecular weight is 329 g/mol. The van der Waals surface area contributed by atoms with Crippen molar-refractivity contribution in [1.82, 2.24) is 10.6 Å². The minimum atomic E-state index is -0.265. The third kappa shape index (κ3) is 3.78. The highest BCUT2D eigenvalue weighted by Crippen LogP contribution is 2.58. The molecule has 0 radical (unpaired) electrons. The van der Waals surface area contributed by atoms with Crippen LogP contribution in [0.4, 0.5) is 5.69 Å². The number of anilines is 1. The second-order valence-electron chi connectivity index (χ2n) is 8.14. The number of hydrogen-bond donors (Lipinski definition) is 3. The fraction of sp³-hybridized carbons (Fsp3) is 0.579. The lowest BCUT2D eigenvalue weighted by Crippen LogP contribution is -2.40. The summed E-state index contributed by atoms with van der Waals surface area (Å²) in [6, 6.07) is 7.10. The number of rotatable bonds is 3. The van der Waals surface area contributed by atoms with E-state index in [2.05, 4.69) is 16.0 Å². The van der Waals surface area contributed by atoms with Crippen molar-refractivity contribution in [2.45, 2.75) is 45.6 Å². The first-order valence-corrected chi connectivity index (χ1v) is 8.73. The van der Waals surface area contributed by atoms with Crippen molar-refractivity contribution in [3.63, 3.8) is 0 Å². The van der Waals surface area contributed by atoms with E-state index >= 15 is 0 Å². The predicted molar refractivity (Wildman–Crippen MR) is 94.9 cm³/mol. The Bertz CT molecular complexity index is 625. The number of carbonyl (C=O) groups excluding carboxylic acids is 2. The summed E-state index contributed by atoms with van der Waals surface area (Å²) in [4.78, 5) is 24.6. The maximum Gasteiger partial charge on any atom is 0.251 e. The molecule has 2 fully saturated rings. The monoisotopic (exact) mass is 329 g/mol. The van der Waals surface area contributed by atoms with Crippen LogP contribution in [-0.2, 0) is 4.79 Å². The van der Waals surface area contributed by atoms with E-state index < -0.39 is 0 Å². The Hall–Kier alpha value is -1.88. The Balaban J connectivity index is 1.57. The summed E-state index contributed by atoms with van der Waals surface area (Å²) >= 11 is 0. The van der Waals surface area contributed by atoms with Crippen molar-refractivity contribution in [3.8, 4) is 0 Å². The van der Waals surface area contributed by atoms with Crippen molar-refractivity contribution >= 4 is 17.5 Å². The van der Waals surface area contributed by atoms with Gasteiger partial charge in [-0.25, -0.2) is 0 Å². The lowest BCUT2D eigenvalue weighted by molar-refractivity contribution is -0.118. The molecule has 0 aromatic heterocycles. The van der Waals surface area contributed by atoms with Gasteiger partial charge in [0.2, 0.25) is 5.91 Å². The van der Waals surface area contributed by atoms with Crippen molar-refractivity contribution in [3.05, 3.63) is 29.8 Å². The molecular weight excluding hydrogens is 302 g/mol. The number of nitrogens with one attached hydrogen (secondary N) is 3. The first-order chi connectivity index (χ1) is 11.3. The van der Waals surface area contributed by atoms with E-state index in [0.717, 1.165) is 38.0 Å². The van der Waals surface area contributed by atoms with Crippen LogP contribution in [0.1, 0.15) is 50.4 Å². The molecule has 5 nitrogen and oxygen atoms in total. The molecule has 1 aromatic carbocycles.